The molecule has 1 heterocycles. The molecule has 1 saturated heterocycles. The summed E-state index contributed by atoms with van der Waals surface area (Å²) < 4.78 is 11.8. The van der Waals surface area contributed by atoms with E-state index in [-0.39, 0.29) is 25.9 Å². The average Bonchev–Trinajstić information content (AvgIpc) is 3.65. The van der Waals surface area contributed by atoms with E-state index in [0.29, 0.717) is 24.9 Å². The number of fused-ring (bicyclic) bond motifs is 1. The third-order valence-electron chi connectivity index (χ3n) is 9.09. The highest BCUT2D eigenvalue weighted by Gasteiger charge is 2.70. The largest absolute Gasteiger partial charge is 0.460 e. The van der Waals surface area contributed by atoms with Crippen molar-refractivity contribution in [1.82, 2.24) is 10.2 Å². The molecule has 12 nitrogen and oxygen atoms in total. The molecule has 0 unspecified atom stereocenters. The normalized spacial score (nSPS) is 20.7. The highest BCUT2D eigenvalue weighted by molar-refractivity contribution is 6.19. The fourth-order valence-corrected chi connectivity index (χ4v) is 6.86. The molecule has 1 aliphatic heterocycles. The molecule has 12 heteroatoms. The van der Waals surface area contributed by atoms with Crippen molar-refractivity contribution in [3.8, 4) is 0 Å². The van der Waals surface area contributed by atoms with Gasteiger partial charge >= 0.3 is 11.9 Å². The second kappa shape index (κ2) is 16.4. The summed E-state index contributed by atoms with van der Waals surface area (Å²) in [6.45, 7) is 9.73. The topological polar surface area (TPSA) is 183 Å². The summed E-state index contributed by atoms with van der Waals surface area (Å²) in [5.74, 6) is -5.91. The quantitative estimate of drug-likeness (QED) is 0.179. The first-order valence-electron chi connectivity index (χ1n) is 18.0. The fourth-order valence-electron chi connectivity index (χ4n) is 6.86. The summed E-state index contributed by atoms with van der Waals surface area (Å²) in [5, 5.41) is 5.74. The van der Waals surface area contributed by atoms with Gasteiger partial charge in [-0.3, -0.25) is 19.2 Å². The summed E-state index contributed by atoms with van der Waals surface area (Å²) in [6, 6.07) is 12.8. The van der Waals surface area contributed by atoms with Crippen molar-refractivity contribution in [3.05, 3.63) is 65.2 Å². The number of rotatable bonds is 13. The minimum absolute atomic E-state index is 0.0944. The van der Waals surface area contributed by atoms with Gasteiger partial charge in [-0.05, 0) is 122 Å². The Morgan fingerprint density at radius 2 is 1.59 bits per heavy atom. The van der Waals surface area contributed by atoms with E-state index in [4.69, 9.17) is 20.9 Å². The first kappa shape index (κ1) is 39.5. The molecule has 0 saturated carbocycles. The number of hydrogen-bond donors (Lipinski definition) is 4. The Labute approximate surface area is 301 Å². The van der Waals surface area contributed by atoms with Crippen LogP contribution in [0.4, 0.5) is 5.69 Å². The molecule has 2 aromatic carbocycles. The molecular formula is C39H55N5O7. The number of amides is 3. The lowest BCUT2D eigenvalue weighted by atomic mass is 9.80. The molecule has 4 rings (SSSR count). The summed E-state index contributed by atoms with van der Waals surface area (Å²) in [5.41, 5.74) is 11.0. The number of carbonyl (C=O) groups is 5. The van der Waals surface area contributed by atoms with Gasteiger partial charge < -0.3 is 36.5 Å². The Kier molecular flexibility index (Phi) is 12.7. The fraction of sp³-hybridized carbons (Fsp3) is 0.564. The Hall–Kier alpha value is -4.29. The number of hydrogen-bond acceptors (Lipinski definition) is 9. The van der Waals surface area contributed by atoms with E-state index in [1.807, 2.05) is 42.5 Å². The number of carbonyl (C=O) groups excluding carboxylic acids is 5. The van der Waals surface area contributed by atoms with E-state index in [0.717, 1.165) is 35.3 Å². The van der Waals surface area contributed by atoms with E-state index in [1.54, 1.807) is 47.6 Å². The molecule has 0 radical (unpaired) electrons. The van der Waals surface area contributed by atoms with Crippen molar-refractivity contribution in [2.45, 2.75) is 122 Å². The number of nitrogens with one attached hydrogen (secondary N) is 2. The van der Waals surface area contributed by atoms with Gasteiger partial charge in [-0.15, -0.1) is 0 Å². The second-order valence-electron chi connectivity index (χ2n) is 15.6. The smallest absolute Gasteiger partial charge is 0.343 e. The highest BCUT2D eigenvalue weighted by atomic mass is 16.6. The lowest BCUT2D eigenvalue weighted by Crippen LogP contribution is -2.68. The summed E-state index contributed by atoms with van der Waals surface area (Å²) in [6.07, 6.45) is 4.52. The number of ether oxygens (including phenoxy) is 2. The van der Waals surface area contributed by atoms with E-state index in [9.17, 15) is 24.0 Å². The zero-order chi connectivity index (χ0) is 37.6. The summed E-state index contributed by atoms with van der Waals surface area (Å²) >= 11 is 0. The van der Waals surface area contributed by atoms with Crippen LogP contribution in [-0.4, -0.2) is 76.5 Å². The molecule has 0 bridgehead atoms. The second-order valence-corrected chi connectivity index (χ2v) is 15.6. The van der Waals surface area contributed by atoms with E-state index in [1.165, 1.54) is 5.56 Å². The van der Waals surface area contributed by atoms with Crippen LogP contribution in [0.25, 0.3) is 0 Å². The van der Waals surface area contributed by atoms with Gasteiger partial charge in [0.1, 0.15) is 17.1 Å². The van der Waals surface area contributed by atoms with Gasteiger partial charge in [0.2, 0.25) is 17.4 Å². The van der Waals surface area contributed by atoms with Gasteiger partial charge in [0.25, 0.3) is 5.91 Å². The van der Waals surface area contributed by atoms with Crippen LogP contribution in [0.15, 0.2) is 48.5 Å². The molecule has 4 atom stereocenters. The van der Waals surface area contributed by atoms with Gasteiger partial charge in [-0.25, -0.2) is 4.79 Å². The van der Waals surface area contributed by atoms with Crippen molar-refractivity contribution in [1.29, 1.82) is 0 Å². The van der Waals surface area contributed by atoms with Gasteiger partial charge in [-0.1, -0.05) is 36.4 Å². The van der Waals surface area contributed by atoms with Crippen LogP contribution < -0.4 is 22.1 Å². The summed E-state index contributed by atoms with van der Waals surface area (Å²) in [4.78, 5) is 73.1. The van der Waals surface area contributed by atoms with Crippen molar-refractivity contribution in [2.24, 2.45) is 17.4 Å². The Balaban J connectivity index is 1.83. The number of nitrogens with zero attached hydrogens (tertiary/aromatic N) is 1. The van der Waals surface area contributed by atoms with Crippen LogP contribution >= 0.6 is 0 Å². The molecule has 0 spiro atoms. The Morgan fingerprint density at radius 1 is 0.922 bits per heavy atom. The standard InChI is InChI=1S/C39H55N5O7/c1-37(2,3)50-34(47)32-30(43-31(45)19-10-15-25-13-8-7-9-14-25)24-44(33(46)29(41)18-12-22-40)39(32,36(49)51-38(4,5)6)35(48)42-28-21-20-26-16-11-17-27(26)23-28/h7-9,13-14,20-21,23,29-30,32H,10-12,15-19,22,24,40-41H2,1-6H3,(H,42,48)(H,43,45)/t29-,30-,32-,39-/m0/s1. The molecule has 278 valence electrons. The molecule has 2 aromatic rings. The number of aryl methyl sites for hydroxylation is 3. The zero-order valence-corrected chi connectivity index (χ0v) is 30.9. The molecule has 2 aliphatic rings. The number of benzene rings is 2. The molecule has 6 N–H and O–H groups in total. The van der Waals surface area contributed by atoms with Gasteiger partial charge in [0.15, 0.2) is 0 Å². The van der Waals surface area contributed by atoms with Gasteiger partial charge in [0, 0.05) is 18.7 Å². The van der Waals surface area contributed by atoms with E-state index in [2.05, 4.69) is 10.6 Å². The molecular weight excluding hydrogens is 650 g/mol. The maximum atomic E-state index is 15.0. The maximum Gasteiger partial charge on any atom is 0.343 e. The molecule has 1 aliphatic carbocycles. The van der Waals surface area contributed by atoms with Crippen LogP contribution in [-0.2, 0) is 52.7 Å². The third-order valence-corrected chi connectivity index (χ3v) is 9.09. The summed E-state index contributed by atoms with van der Waals surface area (Å²) in [7, 11) is 0. The molecule has 51 heavy (non-hydrogen) atoms. The zero-order valence-electron chi connectivity index (χ0n) is 30.9. The Morgan fingerprint density at radius 3 is 2.24 bits per heavy atom. The van der Waals surface area contributed by atoms with Crippen LogP contribution in [0.2, 0.25) is 0 Å². The number of esters is 2. The minimum Gasteiger partial charge on any atom is -0.460 e. The number of likely N-dealkylation sites (tertiary alicyclic amines) is 1. The van der Waals surface area contributed by atoms with Crippen LogP contribution in [0.3, 0.4) is 0 Å². The molecule has 1 fully saturated rings. The van der Waals surface area contributed by atoms with Crippen LogP contribution in [0.1, 0.15) is 90.3 Å². The van der Waals surface area contributed by atoms with Crippen molar-refractivity contribution >= 4 is 35.3 Å². The maximum absolute atomic E-state index is 15.0. The first-order valence-corrected chi connectivity index (χ1v) is 18.0. The lowest BCUT2D eigenvalue weighted by molar-refractivity contribution is -0.184. The van der Waals surface area contributed by atoms with E-state index >= 15 is 0 Å². The van der Waals surface area contributed by atoms with Crippen molar-refractivity contribution < 1.29 is 33.4 Å². The average molecular weight is 706 g/mol. The Bertz CT molecular complexity index is 1580. The third kappa shape index (κ3) is 9.74. The van der Waals surface area contributed by atoms with Gasteiger partial charge in [-0.2, -0.15) is 0 Å². The number of anilines is 1. The minimum atomic E-state index is -2.60. The number of nitrogens with two attached hydrogens (primary N) is 2. The molecule has 0 aromatic heterocycles. The van der Waals surface area contributed by atoms with Gasteiger partial charge in [0.05, 0.1) is 12.1 Å². The SMILES string of the molecule is CC(C)(C)OC(=O)[C@@H]1[C@@H](NC(=O)CCCc2ccccc2)CN(C(=O)[C@@H](N)CCCN)[C@@]1(C(=O)Nc1ccc2c(c1)CCC2)C(=O)OC(C)(C)C. The van der Waals surface area contributed by atoms with Crippen molar-refractivity contribution in [3.63, 3.8) is 0 Å². The predicted molar refractivity (Wildman–Crippen MR) is 194 cm³/mol. The van der Waals surface area contributed by atoms with Crippen LogP contribution in [0, 0.1) is 5.92 Å². The van der Waals surface area contributed by atoms with Crippen LogP contribution in [0.5, 0.6) is 0 Å². The highest BCUT2D eigenvalue weighted by Crippen LogP contribution is 2.41. The monoisotopic (exact) mass is 705 g/mol. The first-order chi connectivity index (χ1) is 24.0. The van der Waals surface area contributed by atoms with E-state index < -0.39 is 64.4 Å². The molecule has 3 amide bonds. The lowest BCUT2D eigenvalue weighted by Gasteiger charge is -2.40. The van der Waals surface area contributed by atoms with Crippen molar-refractivity contribution in [2.75, 3.05) is 18.4 Å². The predicted octanol–water partition coefficient (Wildman–Crippen LogP) is 3.57.